The fourth-order valence-corrected chi connectivity index (χ4v) is 1.81. The maximum absolute atomic E-state index is 11.9. The SMILES string of the molecule is CCOC(=O)C(N)C(=O)N1CCN(CC)CC1. The van der Waals surface area contributed by atoms with Crippen molar-refractivity contribution in [1.29, 1.82) is 0 Å². The van der Waals surface area contributed by atoms with Gasteiger partial charge in [-0.25, -0.2) is 4.79 Å². The largest absolute Gasteiger partial charge is 0.464 e. The number of rotatable bonds is 4. The van der Waals surface area contributed by atoms with E-state index in [0.717, 1.165) is 19.6 Å². The monoisotopic (exact) mass is 243 g/mol. The van der Waals surface area contributed by atoms with Gasteiger partial charge in [0.05, 0.1) is 6.61 Å². The summed E-state index contributed by atoms with van der Waals surface area (Å²) in [6.07, 6.45) is 0. The Balaban J connectivity index is 2.45. The van der Waals surface area contributed by atoms with E-state index in [2.05, 4.69) is 11.8 Å². The Morgan fingerprint density at radius 1 is 1.24 bits per heavy atom. The second kappa shape index (κ2) is 6.56. The van der Waals surface area contributed by atoms with Gasteiger partial charge in [-0.2, -0.15) is 0 Å². The minimum atomic E-state index is -1.18. The minimum absolute atomic E-state index is 0.240. The van der Waals surface area contributed by atoms with Gasteiger partial charge < -0.3 is 20.3 Å². The summed E-state index contributed by atoms with van der Waals surface area (Å²) >= 11 is 0. The summed E-state index contributed by atoms with van der Waals surface area (Å²) in [5.74, 6) is -0.977. The standard InChI is InChI=1S/C11H21N3O3/c1-3-13-5-7-14(8-6-13)10(15)9(12)11(16)17-4-2/h9H,3-8,12H2,1-2H3. The van der Waals surface area contributed by atoms with Crippen molar-refractivity contribution in [3.05, 3.63) is 0 Å². The maximum atomic E-state index is 11.9. The Hall–Kier alpha value is -1.14. The lowest BCUT2D eigenvalue weighted by molar-refractivity contribution is -0.151. The van der Waals surface area contributed by atoms with Crippen LogP contribution >= 0.6 is 0 Å². The van der Waals surface area contributed by atoms with E-state index in [4.69, 9.17) is 10.5 Å². The number of nitrogens with zero attached hydrogens (tertiary/aromatic N) is 2. The van der Waals surface area contributed by atoms with Gasteiger partial charge in [-0.3, -0.25) is 4.79 Å². The van der Waals surface area contributed by atoms with Crippen LogP contribution < -0.4 is 5.73 Å². The van der Waals surface area contributed by atoms with E-state index in [1.165, 1.54) is 0 Å². The Morgan fingerprint density at radius 3 is 2.29 bits per heavy atom. The molecule has 1 atom stereocenters. The Kier molecular flexibility index (Phi) is 5.37. The minimum Gasteiger partial charge on any atom is -0.464 e. The molecule has 1 fully saturated rings. The van der Waals surface area contributed by atoms with Crippen LogP contribution in [0.3, 0.4) is 0 Å². The van der Waals surface area contributed by atoms with Crippen molar-refractivity contribution < 1.29 is 14.3 Å². The summed E-state index contributed by atoms with van der Waals surface area (Å²) in [5, 5.41) is 0. The van der Waals surface area contributed by atoms with E-state index < -0.39 is 12.0 Å². The summed E-state index contributed by atoms with van der Waals surface area (Å²) in [4.78, 5) is 27.1. The van der Waals surface area contributed by atoms with Crippen molar-refractivity contribution in [2.45, 2.75) is 19.9 Å². The van der Waals surface area contributed by atoms with Crippen LogP contribution in [0, 0.1) is 0 Å². The fourth-order valence-electron chi connectivity index (χ4n) is 1.81. The van der Waals surface area contributed by atoms with E-state index >= 15 is 0 Å². The van der Waals surface area contributed by atoms with Crippen LogP contribution in [0.1, 0.15) is 13.8 Å². The first kappa shape index (κ1) is 13.9. The van der Waals surface area contributed by atoms with Crippen LogP contribution in [-0.2, 0) is 14.3 Å². The number of piperazine rings is 1. The molecule has 0 aromatic carbocycles. The second-order valence-electron chi connectivity index (χ2n) is 3.99. The van der Waals surface area contributed by atoms with E-state index in [1.54, 1.807) is 11.8 Å². The number of hydrogen-bond donors (Lipinski definition) is 1. The molecule has 1 amide bonds. The van der Waals surface area contributed by atoms with Crippen LogP contribution in [0.25, 0.3) is 0 Å². The number of nitrogens with two attached hydrogens (primary N) is 1. The molecule has 0 bridgehead atoms. The third kappa shape index (κ3) is 3.67. The topological polar surface area (TPSA) is 75.9 Å². The van der Waals surface area contributed by atoms with E-state index in [1.807, 2.05) is 0 Å². The molecular weight excluding hydrogens is 222 g/mol. The molecular formula is C11H21N3O3. The van der Waals surface area contributed by atoms with Crippen LogP contribution in [0.4, 0.5) is 0 Å². The van der Waals surface area contributed by atoms with Gasteiger partial charge in [0.2, 0.25) is 0 Å². The highest BCUT2D eigenvalue weighted by Gasteiger charge is 2.30. The van der Waals surface area contributed by atoms with Crippen LogP contribution in [0.5, 0.6) is 0 Å². The Labute approximate surface area is 102 Å². The first-order valence-corrected chi connectivity index (χ1v) is 6.03. The second-order valence-corrected chi connectivity index (χ2v) is 3.99. The van der Waals surface area contributed by atoms with E-state index in [9.17, 15) is 9.59 Å². The molecule has 0 aromatic heterocycles. The van der Waals surface area contributed by atoms with E-state index in [0.29, 0.717) is 13.1 Å². The number of amides is 1. The highest BCUT2D eigenvalue weighted by atomic mass is 16.5. The molecule has 0 radical (unpaired) electrons. The van der Waals surface area contributed by atoms with Crippen LogP contribution in [0.15, 0.2) is 0 Å². The van der Waals surface area contributed by atoms with E-state index in [-0.39, 0.29) is 12.5 Å². The number of carbonyl (C=O) groups is 2. The zero-order valence-electron chi connectivity index (χ0n) is 10.5. The number of carbonyl (C=O) groups excluding carboxylic acids is 2. The molecule has 0 spiro atoms. The molecule has 1 saturated heterocycles. The van der Waals surface area contributed by atoms with Gasteiger partial charge in [0.1, 0.15) is 0 Å². The molecule has 98 valence electrons. The van der Waals surface area contributed by atoms with Crippen LogP contribution in [0.2, 0.25) is 0 Å². The van der Waals surface area contributed by atoms with Gasteiger partial charge >= 0.3 is 5.97 Å². The summed E-state index contributed by atoms with van der Waals surface area (Å²) in [5.41, 5.74) is 5.57. The molecule has 1 aliphatic heterocycles. The third-order valence-electron chi connectivity index (χ3n) is 2.94. The quantitative estimate of drug-likeness (QED) is 0.508. The maximum Gasteiger partial charge on any atom is 0.332 e. The molecule has 1 aliphatic rings. The van der Waals surface area contributed by atoms with Crippen molar-refractivity contribution in [2.24, 2.45) is 5.73 Å². The van der Waals surface area contributed by atoms with Crippen molar-refractivity contribution in [2.75, 3.05) is 39.3 Å². The summed E-state index contributed by atoms with van der Waals surface area (Å²) in [6.45, 7) is 7.90. The highest BCUT2D eigenvalue weighted by Crippen LogP contribution is 2.03. The van der Waals surface area contributed by atoms with Gasteiger partial charge in [-0.05, 0) is 13.5 Å². The molecule has 1 heterocycles. The molecule has 0 saturated carbocycles. The first-order valence-electron chi connectivity index (χ1n) is 6.03. The van der Waals surface area contributed by atoms with Gasteiger partial charge in [-0.1, -0.05) is 6.92 Å². The molecule has 17 heavy (non-hydrogen) atoms. The van der Waals surface area contributed by atoms with Crippen molar-refractivity contribution in [3.8, 4) is 0 Å². The molecule has 0 aromatic rings. The van der Waals surface area contributed by atoms with Crippen LogP contribution in [-0.4, -0.2) is 67.0 Å². The van der Waals surface area contributed by atoms with Gasteiger partial charge in [-0.15, -0.1) is 0 Å². The van der Waals surface area contributed by atoms with Gasteiger partial charge in [0.15, 0.2) is 6.04 Å². The number of likely N-dealkylation sites (N-methyl/N-ethyl adjacent to an activating group) is 1. The number of ether oxygens (including phenoxy) is 1. The zero-order chi connectivity index (χ0) is 12.8. The molecule has 0 aliphatic carbocycles. The lowest BCUT2D eigenvalue weighted by Crippen LogP contribution is -2.55. The average molecular weight is 243 g/mol. The summed E-state index contributed by atoms with van der Waals surface area (Å²) < 4.78 is 4.74. The fraction of sp³-hybridized carbons (Fsp3) is 0.818. The lowest BCUT2D eigenvalue weighted by Gasteiger charge is -2.34. The lowest BCUT2D eigenvalue weighted by atomic mass is 10.2. The third-order valence-corrected chi connectivity index (χ3v) is 2.94. The van der Waals surface area contributed by atoms with Crippen molar-refractivity contribution >= 4 is 11.9 Å². The van der Waals surface area contributed by atoms with Gasteiger partial charge in [0, 0.05) is 26.2 Å². The average Bonchev–Trinajstić information content (AvgIpc) is 2.37. The predicted molar refractivity (Wildman–Crippen MR) is 63.3 cm³/mol. The Morgan fingerprint density at radius 2 is 1.82 bits per heavy atom. The zero-order valence-corrected chi connectivity index (χ0v) is 10.5. The summed E-state index contributed by atoms with van der Waals surface area (Å²) in [7, 11) is 0. The molecule has 6 heteroatoms. The predicted octanol–water partition coefficient (Wildman–Crippen LogP) is -0.959. The molecule has 1 unspecified atom stereocenters. The number of hydrogen-bond acceptors (Lipinski definition) is 5. The van der Waals surface area contributed by atoms with Crippen molar-refractivity contribution in [1.82, 2.24) is 9.80 Å². The Bertz CT molecular complexity index is 275. The summed E-state index contributed by atoms with van der Waals surface area (Å²) in [6, 6.07) is -1.18. The molecule has 1 rings (SSSR count). The van der Waals surface area contributed by atoms with Crippen molar-refractivity contribution in [3.63, 3.8) is 0 Å². The molecule has 6 nitrogen and oxygen atoms in total. The molecule has 2 N–H and O–H groups in total. The normalized spacial score (nSPS) is 18.9. The van der Waals surface area contributed by atoms with Gasteiger partial charge in [0.25, 0.3) is 5.91 Å². The smallest absolute Gasteiger partial charge is 0.332 e. The highest BCUT2D eigenvalue weighted by molar-refractivity contribution is 6.01. The number of esters is 1. The first-order chi connectivity index (χ1) is 8.10.